The zero-order chi connectivity index (χ0) is 20.6. The molecule has 0 saturated heterocycles. The molecule has 30 heavy (non-hydrogen) atoms. The number of benzene rings is 2. The maximum absolute atomic E-state index is 12.1. The van der Waals surface area contributed by atoms with Crippen molar-refractivity contribution in [3.05, 3.63) is 89.9 Å². The average Bonchev–Trinajstić information content (AvgIpc) is 3.47. The molecule has 0 radical (unpaired) electrons. The van der Waals surface area contributed by atoms with Crippen LogP contribution in [0.1, 0.15) is 23.9 Å². The predicted molar refractivity (Wildman–Crippen MR) is 111 cm³/mol. The molecule has 5 aromatic rings. The molecule has 0 aliphatic carbocycles. The van der Waals surface area contributed by atoms with Gasteiger partial charge in [-0.05, 0) is 34.5 Å². The number of nitrogens with one attached hydrogen (secondary N) is 1. The Hall–Kier alpha value is -3.91. The van der Waals surface area contributed by atoms with Gasteiger partial charge in [0.05, 0.1) is 5.52 Å². The van der Waals surface area contributed by atoms with Crippen molar-refractivity contribution in [3.8, 4) is 11.4 Å². The predicted octanol–water partition coefficient (Wildman–Crippen LogP) is 2.92. The van der Waals surface area contributed by atoms with E-state index in [4.69, 9.17) is 4.98 Å². The van der Waals surface area contributed by atoms with Gasteiger partial charge in [0.2, 0.25) is 0 Å². The summed E-state index contributed by atoms with van der Waals surface area (Å²) in [5.74, 6) is 1.04. The van der Waals surface area contributed by atoms with Crippen LogP contribution < -0.4 is 0 Å². The molecule has 3 aromatic heterocycles. The summed E-state index contributed by atoms with van der Waals surface area (Å²) >= 11 is 0. The number of pyridine rings is 1. The van der Waals surface area contributed by atoms with Crippen molar-refractivity contribution in [1.82, 2.24) is 35.2 Å². The van der Waals surface area contributed by atoms with Crippen LogP contribution in [0.2, 0.25) is 0 Å². The third kappa shape index (κ3) is 2.77. The second-order valence-electron chi connectivity index (χ2n) is 6.94. The molecule has 0 aliphatic heterocycles. The van der Waals surface area contributed by atoms with Crippen LogP contribution in [0.15, 0.2) is 72.9 Å². The molecule has 3 heterocycles. The molecule has 0 unspecified atom stereocenters. The molecule has 8 nitrogen and oxygen atoms in total. The van der Waals surface area contributed by atoms with E-state index in [1.807, 2.05) is 78.2 Å². The van der Waals surface area contributed by atoms with E-state index in [1.165, 1.54) is 0 Å². The summed E-state index contributed by atoms with van der Waals surface area (Å²) in [6.45, 7) is 2.62. The van der Waals surface area contributed by atoms with Crippen molar-refractivity contribution in [3.63, 3.8) is 0 Å². The number of nitrogens with zero attached hydrogens (tertiary/aromatic N) is 6. The number of hydrogen-bond acceptors (Lipinski definition) is 6. The Balaban J connectivity index is 1.78. The lowest BCUT2D eigenvalue weighted by molar-refractivity contribution is 0.112. The minimum Gasteiger partial charge on any atom is -0.373 e. The Bertz CT molecular complexity index is 1240. The molecule has 148 valence electrons. The fraction of sp³-hybridized carbons (Fsp3) is 0.136. The monoisotopic (exact) mass is 397 g/mol. The lowest BCUT2D eigenvalue weighted by Gasteiger charge is -2.29. The summed E-state index contributed by atoms with van der Waals surface area (Å²) in [4.78, 5) is 9.28. The van der Waals surface area contributed by atoms with Gasteiger partial charge in [-0.25, -0.2) is 15.1 Å². The van der Waals surface area contributed by atoms with Crippen molar-refractivity contribution in [2.24, 2.45) is 0 Å². The van der Waals surface area contributed by atoms with Gasteiger partial charge in [0.25, 0.3) is 0 Å². The molecule has 8 heteroatoms. The highest BCUT2D eigenvalue weighted by molar-refractivity contribution is 5.77. The van der Waals surface area contributed by atoms with Gasteiger partial charge in [-0.3, -0.25) is 0 Å². The first kappa shape index (κ1) is 18.1. The maximum atomic E-state index is 12.1. The van der Waals surface area contributed by atoms with E-state index in [0.29, 0.717) is 23.8 Å². The van der Waals surface area contributed by atoms with Crippen LogP contribution in [0.4, 0.5) is 0 Å². The first-order chi connectivity index (χ1) is 14.7. The molecule has 5 rings (SSSR count). The normalized spacial score (nSPS) is 11.8. The number of hydrogen-bond donors (Lipinski definition) is 2. The highest BCUT2D eigenvalue weighted by Gasteiger charge is 2.39. The maximum Gasteiger partial charge on any atom is 0.181 e. The quantitative estimate of drug-likeness (QED) is 0.472. The molecular formula is C22H19N7O. The van der Waals surface area contributed by atoms with Crippen LogP contribution in [-0.4, -0.2) is 40.3 Å². The van der Waals surface area contributed by atoms with Gasteiger partial charge in [0.1, 0.15) is 0 Å². The summed E-state index contributed by atoms with van der Waals surface area (Å²) < 4.78 is 1.98. The zero-order valence-electron chi connectivity index (χ0n) is 16.3. The number of aromatic amines is 1. The first-order valence-electron chi connectivity index (χ1n) is 9.66. The second-order valence-corrected chi connectivity index (χ2v) is 6.94. The fourth-order valence-corrected chi connectivity index (χ4v) is 3.80. The van der Waals surface area contributed by atoms with E-state index in [9.17, 15) is 5.11 Å². The van der Waals surface area contributed by atoms with Crippen LogP contribution in [0.5, 0.6) is 0 Å². The first-order valence-corrected chi connectivity index (χ1v) is 9.66. The minimum absolute atomic E-state index is 0.512. The Morgan fingerprint density at radius 1 is 1.00 bits per heavy atom. The number of fused-ring (bicyclic) bond motifs is 1. The number of tetrazole rings is 1. The highest BCUT2D eigenvalue weighted by Crippen LogP contribution is 2.37. The van der Waals surface area contributed by atoms with Crippen molar-refractivity contribution in [2.75, 3.05) is 0 Å². The zero-order valence-corrected chi connectivity index (χ0v) is 16.3. The molecule has 0 atom stereocenters. The summed E-state index contributed by atoms with van der Waals surface area (Å²) in [6, 6.07) is 21.1. The Morgan fingerprint density at radius 3 is 2.23 bits per heavy atom. The topological polar surface area (TPSA) is 105 Å². The van der Waals surface area contributed by atoms with Gasteiger partial charge in [0.15, 0.2) is 22.9 Å². The van der Waals surface area contributed by atoms with Crippen LogP contribution in [0.3, 0.4) is 0 Å². The number of H-pyrrole nitrogens is 1. The third-order valence-corrected chi connectivity index (χ3v) is 5.25. The molecule has 0 bridgehead atoms. The molecule has 0 fully saturated rings. The summed E-state index contributed by atoms with van der Waals surface area (Å²) in [6.07, 6.45) is 1.67. The molecule has 0 saturated carbocycles. The smallest absolute Gasteiger partial charge is 0.181 e. The van der Waals surface area contributed by atoms with Crippen LogP contribution in [0.25, 0.3) is 22.6 Å². The minimum atomic E-state index is -1.44. The van der Waals surface area contributed by atoms with Crippen molar-refractivity contribution < 1.29 is 5.11 Å². The van der Waals surface area contributed by atoms with Gasteiger partial charge >= 0.3 is 0 Å². The molecule has 0 amide bonds. The fourth-order valence-electron chi connectivity index (χ4n) is 3.80. The van der Waals surface area contributed by atoms with Gasteiger partial charge in [-0.15, -0.1) is 5.10 Å². The number of imidazole rings is 1. The van der Waals surface area contributed by atoms with Crippen molar-refractivity contribution in [1.29, 1.82) is 0 Å². The van der Waals surface area contributed by atoms with E-state index in [2.05, 4.69) is 25.6 Å². The molecule has 2 N–H and O–H groups in total. The van der Waals surface area contributed by atoms with E-state index in [1.54, 1.807) is 6.20 Å². The lowest BCUT2D eigenvalue weighted by atomic mass is 9.85. The molecule has 2 aromatic carbocycles. The van der Waals surface area contributed by atoms with Gasteiger partial charge in [-0.2, -0.15) is 0 Å². The van der Waals surface area contributed by atoms with Crippen LogP contribution >= 0.6 is 0 Å². The summed E-state index contributed by atoms with van der Waals surface area (Å²) in [5.41, 5.74) is 2.13. The second kappa shape index (κ2) is 7.16. The van der Waals surface area contributed by atoms with Gasteiger partial charge in [0, 0.05) is 18.3 Å². The standard InChI is InChI=1S/C22H19N7O/c1-2-29-18-13-15(19-25-27-28-26-19)14-23-20(18)24-21(29)22(30,16-9-5-3-6-10-16)17-11-7-4-8-12-17/h3-14,30H,2H2,1H3,(H,25,26,27,28). The highest BCUT2D eigenvalue weighted by atomic mass is 16.3. The summed E-state index contributed by atoms with van der Waals surface area (Å²) in [5, 5.41) is 26.1. The Labute approximate surface area is 172 Å². The average molecular weight is 397 g/mol. The number of rotatable bonds is 5. The Morgan fingerprint density at radius 2 is 1.67 bits per heavy atom. The Kier molecular flexibility index (Phi) is 4.33. The van der Waals surface area contributed by atoms with Crippen molar-refractivity contribution >= 4 is 11.2 Å². The van der Waals surface area contributed by atoms with Crippen LogP contribution in [0, 0.1) is 0 Å². The number of aromatic nitrogens is 7. The molecule has 0 aliphatic rings. The summed E-state index contributed by atoms with van der Waals surface area (Å²) in [7, 11) is 0. The largest absolute Gasteiger partial charge is 0.373 e. The van der Waals surface area contributed by atoms with Crippen LogP contribution in [-0.2, 0) is 12.1 Å². The lowest BCUT2D eigenvalue weighted by Crippen LogP contribution is -2.32. The van der Waals surface area contributed by atoms with E-state index < -0.39 is 5.60 Å². The number of aryl methyl sites for hydroxylation is 1. The SMILES string of the molecule is CCn1c(C(O)(c2ccccc2)c2ccccc2)nc2ncc(-c3nnn[nH]3)cc21. The number of aliphatic hydroxyl groups is 1. The third-order valence-electron chi connectivity index (χ3n) is 5.25. The van der Waals surface area contributed by atoms with Gasteiger partial charge in [-0.1, -0.05) is 60.7 Å². The van der Waals surface area contributed by atoms with E-state index in [0.717, 1.165) is 22.2 Å². The molecular weight excluding hydrogens is 378 g/mol. The van der Waals surface area contributed by atoms with Crippen molar-refractivity contribution in [2.45, 2.75) is 19.1 Å². The molecule has 0 spiro atoms. The van der Waals surface area contributed by atoms with Gasteiger partial charge < -0.3 is 9.67 Å². The van der Waals surface area contributed by atoms with E-state index >= 15 is 0 Å². The van der Waals surface area contributed by atoms with E-state index in [-0.39, 0.29) is 0 Å².